The Hall–Kier alpha value is 0.508. The van der Waals surface area contributed by atoms with Gasteiger partial charge in [-0.2, -0.15) is 0 Å². The maximum atomic E-state index is 6.32. The molecule has 0 aliphatic carbocycles. The van der Waals surface area contributed by atoms with Crippen LogP contribution in [0.15, 0.2) is 30.3 Å². The van der Waals surface area contributed by atoms with E-state index < -0.39 is 39.4 Å². The Morgan fingerprint density at radius 1 is 0.864 bits per heavy atom. The lowest BCUT2D eigenvalue weighted by Gasteiger charge is -2.44. The number of halogens is 2. The van der Waals surface area contributed by atoms with Crippen molar-refractivity contribution in [2.45, 2.75) is 37.2 Å². The Morgan fingerprint density at radius 2 is 1.45 bits per heavy atom. The van der Waals surface area contributed by atoms with Gasteiger partial charge >= 0.3 is 35.0 Å². The fraction of sp³-hybridized carbons (Fsp3) is 0.500. The predicted octanol–water partition coefficient (Wildman–Crippen LogP) is 3.28. The Kier molecular flexibility index (Phi) is 5.81. The topological polar surface area (TPSA) is 36.9 Å². The first-order valence-electron chi connectivity index (χ1n) is 7.02. The maximum absolute atomic E-state index is 6.32. The maximum Gasteiger partial charge on any atom is 0.404 e. The van der Waals surface area contributed by atoms with Crippen LogP contribution in [0.4, 0.5) is 0 Å². The molecule has 1 atom stereocenters. The highest BCUT2D eigenvalue weighted by Gasteiger charge is 2.53. The summed E-state index contributed by atoms with van der Waals surface area (Å²) >= 11 is 12.4. The van der Waals surface area contributed by atoms with E-state index in [1.54, 1.807) is 0 Å². The highest BCUT2D eigenvalue weighted by Crippen LogP contribution is 2.31. The van der Waals surface area contributed by atoms with Crippen molar-refractivity contribution in [3.8, 4) is 0 Å². The number of alkyl halides is 2. The molecule has 1 radical (unpaired) electrons. The Labute approximate surface area is 147 Å². The molecular weight excluding hydrogens is 391 g/mol. The quantitative estimate of drug-likeness (QED) is 0.552. The molecule has 0 spiro atoms. The van der Waals surface area contributed by atoms with Gasteiger partial charge in [0.25, 0.3) is 0 Å². The molecule has 2 rings (SSSR count). The molecule has 10 heteroatoms. The van der Waals surface area contributed by atoms with Crippen LogP contribution in [-0.4, -0.2) is 39.4 Å². The lowest BCUT2D eigenvalue weighted by Crippen LogP contribution is -2.66. The second kappa shape index (κ2) is 6.79. The van der Waals surface area contributed by atoms with Crippen LogP contribution in [0.2, 0.25) is 32.7 Å². The van der Waals surface area contributed by atoms with Gasteiger partial charge in [0.05, 0.1) is 0 Å². The minimum atomic E-state index is -2.83. The van der Waals surface area contributed by atoms with Gasteiger partial charge in [-0.1, -0.05) is 30.3 Å². The molecule has 1 fully saturated rings. The molecule has 0 bridgehead atoms. The van der Waals surface area contributed by atoms with Gasteiger partial charge in [-0.3, -0.25) is 0 Å². The second-order valence-corrected chi connectivity index (χ2v) is 20.6. The van der Waals surface area contributed by atoms with Crippen molar-refractivity contribution in [3.05, 3.63) is 30.3 Å². The summed E-state index contributed by atoms with van der Waals surface area (Å²) in [4.78, 5) is 0. The Bertz CT molecular complexity index is 517. The van der Waals surface area contributed by atoms with Crippen LogP contribution in [0.1, 0.15) is 0 Å². The summed E-state index contributed by atoms with van der Waals surface area (Å²) in [5, 5.41) is 1.01. The van der Waals surface area contributed by atoms with Gasteiger partial charge in [0.2, 0.25) is 0 Å². The zero-order valence-electron chi connectivity index (χ0n) is 13.4. The van der Waals surface area contributed by atoms with Gasteiger partial charge in [-0.25, -0.2) is 0 Å². The third-order valence-corrected chi connectivity index (χ3v) is 19.5. The van der Waals surface area contributed by atoms with E-state index in [0.29, 0.717) is 0 Å². The molecule has 0 N–H and O–H groups in total. The Morgan fingerprint density at radius 3 is 2.00 bits per heavy atom. The standard InChI is InChI=1S/C12H21Cl2O4Si4/c1-20(2)15-19(11-9-7-6-8-10-11)16-22(5,12(13)14)18-21(3,4)17-20/h6-10,12H,1-5H3. The molecule has 0 amide bonds. The molecular formula is C12H21Cl2O4Si4. The van der Waals surface area contributed by atoms with E-state index in [-0.39, 0.29) is 0 Å². The van der Waals surface area contributed by atoms with Gasteiger partial charge in [-0.15, -0.1) is 23.2 Å². The minimum absolute atomic E-state index is 0.710. The summed E-state index contributed by atoms with van der Waals surface area (Å²) < 4.78 is 24.4. The average molecular weight is 413 g/mol. The Balaban J connectivity index is 2.38. The summed E-state index contributed by atoms with van der Waals surface area (Å²) in [5.74, 6) is 0. The lowest BCUT2D eigenvalue weighted by atomic mass is 10.4. The van der Waals surface area contributed by atoms with E-state index in [2.05, 4.69) is 0 Å². The number of benzene rings is 1. The normalized spacial score (nSPS) is 29.1. The zero-order chi connectivity index (χ0) is 16.6. The lowest BCUT2D eigenvalue weighted by molar-refractivity contribution is 0.252. The molecule has 22 heavy (non-hydrogen) atoms. The fourth-order valence-corrected chi connectivity index (χ4v) is 20.1. The van der Waals surface area contributed by atoms with E-state index in [1.807, 2.05) is 63.1 Å². The van der Waals surface area contributed by atoms with E-state index in [9.17, 15) is 0 Å². The molecule has 1 aromatic rings. The summed E-state index contributed by atoms with van der Waals surface area (Å²) in [6.07, 6.45) is 0. The van der Waals surface area contributed by atoms with Gasteiger partial charge in [0.1, 0.15) is 4.46 Å². The van der Waals surface area contributed by atoms with Gasteiger partial charge in [-0.05, 0) is 37.9 Å². The van der Waals surface area contributed by atoms with Crippen molar-refractivity contribution >= 4 is 63.4 Å². The fourth-order valence-electron chi connectivity index (χ4n) is 2.35. The zero-order valence-corrected chi connectivity index (χ0v) is 18.9. The molecule has 1 aliphatic rings. The molecule has 1 aliphatic heterocycles. The number of hydrogen-bond donors (Lipinski definition) is 0. The van der Waals surface area contributed by atoms with E-state index >= 15 is 0 Å². The molecule has 0 aromatic heterocycles. The van der Waals surface area contributed by atoms with Gasteiger partial charge in [0.15, 0.2) is 0 Å². The molecule has 1 aromatic carbocycles. The van der Waals surface area contributed by atoms with Gasteiger partial charge in [0, 0.05) is 0 Å². The third kappa shape index (κ3) is 4.76. The first kappa shape index (κ1) is 18.8. The highest BCUT2D eigenvalue weighted by atomic mass is 35.5. The molecule has 1 unspecified atom stereocenters. The SMILES string of the molecule is C[Si]1(C)O[Si](c2ccccc2)O[Si](C)(C(Cl)Cl)O[Si](C)(C)O1. The summed E-state index contributed by atoms with van der Waals surface area (Å²) in [6, 6.07) is 9.88. The van der Waals surface area contributed by atoms with Crippen LogP contribution in [0.5, 0.6) is 0 Å². The molecule has 1 saturated heterocycles. The van der Waals surface area contributed by atoms with Crippen molar-refractivity contribution in [1.29, 1.82) is 0 Å². The van der Waals surface area contributed by atoms with Crippen molar-refractivity contribution in [3.63, 3.8) is 0 Å². The predicted molar refractivity (Wildman–Crippen MR) is 98.2 cm³/mol. The van der Waals surface area contributed by atoms with Crippen LogP contribution in [0.3, 0.4) is 0 Å². The van der Waals surface area contributed by atoms with Crippen molar-refractivity contribution in [2.24, 2.45) is 0 Å². The van der Waals surface area contributed by atoms with Crippen molar-refractivity contribution in [2.75, 3.05) is 0 Å². The van der Waals surface area contributed by atoms with Crippen LogP contribution >= 0.6 is 23.2 Å². The molecule has 123 valence electrons. The summed E-state index contributed by atoms with van der Waals surface area (Å²) in [7, 11) is -9.37. The van der Waals surface area contributed by atoms with E-state index in [1.165, 1.54) is 0 Å². The average Bonchev–Trinajstić information content (AvgIpc) is 2.35. The van der Waals surface area contributed by atoms with Crippen molar-refractivity contribution in [1.82, 2.24) is 0 Å². The monoisotopic (exact) mass is 411 g/mol. The number of rotatable bonds is 2. The van der Waals surface area contributed by atoms with Crippen molar-refractivity contribution < 1.29 is 16.5 Å². The van der Waals surface area contributed by atoms with Crippen LogP contribution < -0.4 is 5.19 Å². The minimum Gasteiger partial charge on any atom is -0.416 e. The van der Waals surface area contributed by atoms with Crippen LogP contribution in [-0.2, 0) is 16.5 Å². The first-order chi connectivity index (χ1) is 10.0. The number of hydrogen-bond acceptors (Lipinski definition) is 4. The molecule has 4 nitrogen and oxygen atoms in total. The third-order valence-electron chi connectivity index (χ3n) is 2.98. The smallest absolute Gasteiger partial charge is 0.404 e. The molecule has 0 saturated carbocycles. The van der Waals surface area contributed by atoms with Crippen LogP contribution in [0.25, 0.3) is 0 Å². The summed E-state index contributed by atoms with van der Waals surface area (Å²) in [6.45, 7) is 9.88. The van der Waals surface area contributed by atoms with Crippen LogP contribution in [0, 0.1) is 0 Å². The first-order valence-corrected chi connectivity index (χ1v) is 17.2. The highest BCUT2D eigenvalue weighted by molar-refractivity contribution is 6.96. The van der Waals surface area contributed by atoms with E-state index in [0.717, 1.165) is 5.19 Å². The second-order valence-electron chi connectivity index (χ2n) is 6.18. The largest absolute Gasteiger partial charge is 0.416 e. The van der Waals surface area contributed by atoms with Gasteiger partial charge < -0.3 is 16.5 Å². The molecule has 1 heterocycles. The summed E-state index contributed by atoms with van der Waals surface area (Å²) in [5.41, 5.74) is 0. The van der Waals surface area contributed by atoms with E-state index in [4.69, 9.17) is 39.7 Å².